The number of nitrogens with zero attached hydrogens (tertiary/aromatic N) is 2. The number of anilines is 1. The zero-order chi connectivity index (χ0) is 14.9. The van der Waals surface area contributed by atoms with E-state index in [1.807, 2.05) is 0 Å². The van der Waals surface area contributed by atoms with Crippen molar-refractivity contribution in [3.63, 3.8) is 0 Å². The molecule has 1 amide bonds. The molecule has 1 aliphatic heterocycles. The Morgan fingerprint density at radius 3 is 2.70 bits per heavy atom. The van der Waals surface area contributed by atoms with Crippen LogP contribution in [0.15, 0.2) is 12.3 Å². The molecule has 0 bridgehead atoms. The van der Waals surface area contributed by atoms with Crippen LogP contribution in [0.25, 0.3) is 0 Å². The maximum atomic E-state index is 11.9. The lowest BCUT2D eigenvalue weighted by Gasteiger charge is -2.24. The SMILES string of the molecule is COC(=O)c1cnc2c(c1)NN(C(=O)OC(C)(C)C)C2. The van der Waals surface area contributed by atoms with Gasteiger partial charge in [-0.2, -0.15) is 0 Å². The molecule has 0 radical (unpaired) electrons. The molecule has 0 atom stereocenters. The summed E-state index contributed by atoms with van der Waals surface area (Å²) in [4.78, 5) is 27.5. The van der Waals surface area contributed by atoms with E-state index < -0.39 is 17.7 Å². The Morgan fingerprint density at radius 2 is 2.10 bits per heavy atom. The lowest BCUT2D eigenvalue weighted by atomic mass is 10.2. The summed E-state index contributed by atoms with van der Waals surface area (Å²) < 4.78 is 9.88. The number of carbonyl (C=O) groups is 2. The number of methoxy groups -OCH3 is 1. The minimum atomic E-state index is -0.571. The first-order valence-electron chi connectivity index (χ1n) is 6.14. The Morgan fingerprint density at radius 1 is 1.40 bits per heavy atom. The minimum absolute atomic E-state index is 0.283. The molecule has 0 spiro atoms. The maximum Gasteiger partial charge on any atom is 0.429 e. The highest BCUT2D eigenvalue weighted by molar-refractivity contribution is 5.90. The van der Waals surface area contributed by atoms with Crippen molar-refractivity contribution in [2.24, 2.45) is 0 Å². The van der Waals surface area contributed by atoms with Crippen LogP contribution in [-0.2, 0) is 16.0 Å². The highest BCUT2D eigenvalue weighted by Gasteiger charge is 2.29. The van der Waals surface area contributed by atoms with Gasteiger partial charge >= 0.3 is 12.1 Å². The number of carbonyl (C=O) groups excluding carboxylic acids is 2. The molecule has 0 saturated carbocycles. The van der Waals surface area contributed by atoms with Crippen molar-refractivity contribution in [2.75, 3.05) is 12.5 Å². The van der Waals surface area contributed by atoms with Crippen LogP contribution in [0.4, 0.5) is 10.5 Å². The number of hydrogen-bond donors (Lipinski definition) is 1. The summed E-state index contributed by atoms with van der Waals surface area (Å²) in [5.74, 6) is -0.474. The summed E-state index contributed by atoms with van der Waals surface area (Å²) in [7, 11) is 1.30. The van der Waals surface area contributed by atoms with Crippen molar-refractivity contribution in [1.82, 2.24) is 9.99 Å². The van der Waals surface area contributed by atoms with Crippen LogP contribution in [-0.4, -0.2) is 34.8 Å². The predicted octanol–water partition coefficient (Wildman–Crippen LogP) is 1.95. The second-order valence-electron chi connectivity index (χ2n) is 5.39. The summed E-state index contributed by atoms with van der Waals surface area (Å²) in [6.45, 7) is 5.66. The fraction of sp³-hybridized carbons (Fsp3) is 0.462. The molecule has 1 aliphatic rings. The number of rotatable bonds is 1. The van der Waals surface area contributed by atoms with Gasteiger partial charge in [-0.05, 0) is 26.8 Å². The zero-order valence-electron chi connectivity index (χ0n) is 11.9. The third kappa shape index (κ3) is 2.98. The van der Waals surface area contributed by atoms with Crippen molar-refractivity contribution >= 4 is 17.7 Å². The second kappa shape index (κ2) is 4.99. The summed E-state index contributed by atoms with van der Waals surface area (Å²) in [5, 5.41) is 1.31. The van der Waals surface area contributed by atoms with Crippen molar-refractivity contribution in [3.05, 3.63) is 23.5 Å². The van der Waals surface area contributed by atoms with Gasteiger partial charge in [-0.1, -0.05) is 0 Å². The van der Waals surface area contributed by atoms with Crippen LogP contribution in [0, 0.1) is 0 Å². The van der Waals surface area contributed by atoms with E-state index in [1.54, 1.807) is 26.8 Å². The molecule has 108 valence electrons. The van der Waals surface area contributed by atoms with E-state index in [0.717, 1.165) is 0 Å². The highest BCUT2D eigenvalue weighted by atomic mass is 16.6. The van der Waals surface area contributed by atoms with Gasteiger partial charge in [-0.15, -0.1) is 0 Å². The number of esters is 1. The van der Waals surface area contributed by atoms with Gasteiger partial charge in [0, 0.05) is 6.20 Å². The molecule has 20 heavy (non-hydrogen) atoms. The van der Waals surface area contributed by atoms with E-state index in [4.69, 9.17) is 4.74 Å². The van der Waals surface area contributed by atoms with Gasteiger partial charge in [0.25, 0.3) is 0 Å². The summed E-state index contributed by atoms with van der Waals surface area (Å²) in [6.07, 6.45) is 0.931. The third-order valence-electron chi connectivity index (χ3n) is 2.57. The average molecular weight is 279 g/mol. The lowest BCUT2D eigenvalue weighted by Crippen LogP contribution is -2.36. The molecule has 1 aromatic heterocycles. The van der Waals surface area contributed by atoms with Gasteiger partial charge < -0.3 is 9.47 Å². The Bertz CT molecular complexity index is 551. The minimum Gasteiger partial charge on any atom is -0.465 e. The number of hydrogen-bond acceptors (Lipinski definition) is 6. The first-order valence-corrected chi connectivity index (χ1v) is 6.14. The largest absolute Gasteiger partial charge is 0.465 e. The molecule has 0 aliphatic carbocycles. The molecule has 1 N–H and O–H groups in total. The van der Waals surface area contributed by atoms with Crippen molar-refractivity contribution in [1.29, 1.82) is 0 Å². The summed E-state index contributed by atoms with van der Waals surface area (Å²) >= 11 is 0. The van der Waals surface area contributed by atoms with Gasteiger partial charge in [0.05, 0.1) is 30.6 Å². The monoisotopic (exact) mass is 279 g/mol. The van der Waals surface area contributed by atoms with Crippen molar-refractivity contribution in [2.45, 2.75) is 32.9 Å². The van der Waals surface area contributed by atoms with E-state index >= 15 is 0 Å². The zero-order valence-corrected chi connectivity index (χ0v) is 11.9. The number of amides is 1. The molecule has 0 fully saturated rings. The van der Waals surface area contributed by atoms with Crippen LogP contribution in [0.1, 0.15) is 36.8 Å². The fourth-order valence-corrected chi connectivity index (χ4v) is 1.71. The fourth-order valence-electron chi connectivity index (χ4n) is 1.71. The van der Waals surface area contributed by atoms with E-state index in [1.165, 1.54) is 18.3 Å². The number of nitrogens with one attached hydrogen (secondary N) is 1. The van der Waals surface area contributed by atoms with E-state index in [2.05, 4.69) is 15.1 Å². The summed E-state index contributed by atoms with van der Waals surface area (Å²) in [5.41, 5.74) is 3.88. The molecular formula is C13H17N3O4. The highest BCUT2D eigenvalue weighted by Crippen LogP contribution is 2.25. The van der Waals surface area contributed by atoms with Crippen LogP contribution in [0.3, 0.4) is 0 Å². The van der Waals surface area contributed by atoms with E-state index in [0.29, 0.717) is 16.9 Å². The molecule has 0 saturated heterocycles. The van der Waals surface area contributed by atoms with E-state index in [9.17, 15) is 9.59 Å². The first-order chi connectivity index (χ1) is 9.30. The van der Waals surface area contributed by atoms with Gasteiger partial charge in [0.1, 0.15) is 5.60 Å². The quantitative estimate of drug-likeness (QED) is 0.791. The molecule has 2 rings (SSSR count). The molecule has 0 aromatic carbocycles. The van der Waals surface area contributed by atoms with Gasteiger partial charge in [0.2, 0.25) is 0 Å². The molecule has 1 aromatic rings. The number of aromatic nitrogens is 1. The number of pyridine rings is 1. The Labute approximate surface area is 116 Å². The molecular weight excluding hydrogens is 262 g/mol. The van der Waals surface area contributed by atoms with Crippen molar-refractivity contribution < 1.29 is 19.1 Å². The smallest absolute Gasteiger partial charge is 0.429 e. The number of ether oxygens (including phenoxy) is 2. The standard InChI is InChI=1S/C13H17N3O4/c1-13(2,3)20-12(18)16-7-10-9(15-16)5-8(6-14-10)11(17)19-4/h5-6,15H,7H2,1-4H3. The van der Waals surface area contributed by atoms with Gasteiger partial charge in [0.15, 0.2) is 0 Å². The van der Waals surface area contributed by atoms with E-state index in [-0.39, 0.29) is 6.54 Å². The van der Waals surface area contributed by atoms with Crippen LogP contribution >= 0.6 is 0 Å². The Balaban J connectivity index is 2.11. The number of fused-ring (bicyclic) bond motifs is 1. The Hall–Kier alpha value is -2.31. The number of hydrazine groups is 1. The topological polar surface area (TPSA) is 80.8 Å². The Kier molecular flexibility index (Phi) is 3.52. The lowest BCUT2D eigenvalue weighted by molar-refractivity contribution is 0.0296. The molecule has 2 heterocycles. The van der Waals surface area contributed by atoms with Gasteiger partial charge in [-0.25, -0.2) is 14.6 Å². The average Bonchev–Trinajstić information content (AvgIpc) is 2.78. The molecule has 0 unspecified atom stereocenters. The van der Waals surface area contributed by atoms with Crippen molar-refractivity contribution in [3.8, 4) is 0 Å². The third-order valence-corrected chi connectivity index (χ3v) is 2.57. The maximum absolute atomic E-state index is 11.9. The summed E-state index contributed by atoms with van der Waals surface area (Å²) in [6, 6.07) is 1.60. The predicted molar refractivity (Wildman–Crippen MR) is 71.0 cm³/mol. The normalized spacial score (nSPS) is 13.5. The van der Waals surface area contributed by atoms with Crippen LogP contribution in [0.5, 0.6) is 0 Å². The molecule has 7 nitrogen and oxygen atoms in total. The van der Waals surface area contributed by atoms with Gasteiger partial charge in [-0.3, -0.25) is 10.4 Å². The second-order valence-corrected chi connectivity index (χ2v) is 5.39. The van der Waals surface area contributed by atoms with Crippen LogP contribution < -0.4 is 5.43 Å². The molecule has 7 heteroatoms. The first kappa shape index (κ1) is 14.1. The van der Waals surface area contributed by atoms with Crippen LogP contribution in [0.2, 0.25) is 0 Å².